The summed E-state index contributed by atoms with van der Waals surface area (Å²) in [6.45, 7) is 1.49. The second kappa shape index (κ2) is 5.16. The maximum Gasteiger partial charge on any atom is 0.379 e. The Kier molecular flexibility index (Phi) is 4.12. The Balaban J connectivity index is 3.18. The molecule has 0 fully saturated rings. The van der Waals surface area contributed by atoms with Crippen LogP contribution in [-0.2, 0) is 9.53 Å². The smallest absolute Gasteiger partial charge is 0.379 e. The lowest BCUT2D eigenvalue weighted by Gasteiger charge is -2.05. The summed E-state index contributed by atoms with van der Waals surface area (Å²) < 4.78 is 30.3. The Bertz CT molecular complexity index is 446. The average molecular weight is 293 g/mol. The SMILES string of the molecule is CCOC(=O)C(=O)c1c(F)ccc(F)c1Br. The van der Waals surface area contributed by atoms with Crippen molar-refractivity contribution in [3.05, 3.63) is 33.8 Å². The van der Waals surface area contributed by atoms with Gasteiger partial charge in [0.2, 0.25) is 0 Å². The summed E-state index contributed by atoms with van der Waals surface area (Å²) in [5.41, 5.74) is -0.654. The summed E-state index contributed by atoms with van der Waals surface area (Å²) in [6.07, 6.45) is 0. The van der Waals surface area contributed by atoms with Crippen molar-refractivity contribution in [1.82, 2.24) is 0 Å². The summed E-state index contributed by atoms with van der Waals surface area (Å²) in [6, 6.07) is 1.62. The summed E-state index contributed by atoms with van der Waals surface area (Å²) >= 11 is 2.71. The third-order valence-electron chi connectivity index (χ3n) is 1.73. The molecule has 16 heavy (non-hydrogen) atoms. The maximum atomic E-state index is 13.3. The fraction of sp³-hybridized carbons (Fsp3) is 0.200. The van der Waals surface area contributed by atoms with E-state index >= 15 is 0 Å². The van der Waals surface area contributed by atoms with Gasteiger partial charge in [-0.25, -0.2) is 13.6 Å². The largest absolute Gasteiger partial charge is 0.460 e. The molecule has 6 heteroatoms. The minimum atomic E-state index is -1.22. The number of halogens is 3. The summed E-state index contributed by atoms with van der Waals surface area (Å²) in [5.74, 6) is -4.24. The van der Waals surface area contributed by atoms with E-state index in [1.807, 2.05) is 0 Å². The summed E-state index contributed by atoms with van der Waals surface area (Å²) in [7, 11) is 0. The van der Waals surface area contributed by atoms with Crippen molar-refractivity contribution in [2.75, 3.05) is 6.61 Å². The molecule has 0 saturated carbocycles. The highest BCUT2D eigenvalue weighted by atomic mass is 79.9. The van der Waals surface area contributed by atoms with Gasteiger partial charge in [0.25, 0.3) is 5.78 Å². The molecule has 0 radical (unpaired) electrons. The van der Waals surface area contributed by atoms with Crippen LogP contribution in [-0.4, -0.2) is 18.4 Å². The van der Waals surface area contributed by atoms with Crippen molar-refractivity contribution in [3.8, 4) is 0 Å². The van der Waals surface area contributed by atoms with Gasteiger partial charge < -0.3 is 4.74 Å². The summed E-state index contributed by atoms with van der Waals surface area (Å²) in [4.78, 5) is 22.5. The molecule has 0 aromatic heterocycles. The van der Waals surface area contributed by atoms with E-state index in [9.17, 15) is 18.4 Å². The lowest BCUT2D eigenvalue weighted by Crippen LogP contribution is -2.19. The van der Waals surface area contributed by atoms with Gasteiger partial charge in [0, 0.05) is 0 Å². The third-order valence-corrected chi connectivity index (χ3v) is 2.51. The number of ketones is 1. The zero-order chi connectivity index (χ0) is 12.3. The Morgan fingerprint density at radius 3 is 2.44 bits per heavy atom. The maximum absolute atomic E-state index is 13.3. The van der Waals surface area contributed by atoms with Crippen molar-refractivity contribution in [2.24, 2.45) is 0 Å². The predicted octanol–water partition coefficient (Wildman–Crippen LogP) is 2.47. The van der Waals surface area contributed by atoms with E-state index in [0.717, 1.165) is 12.1 Å². The number of hydrogen-bond acceptors (Lipinski definition) is 3. The molecule has 0 unspecified atom stereocenters. The molecule has 0 amide bonds. The van der Waals surface area contributed by atoms with Crippen LogP contribution in [0.2, 0.25) is 0 Å². The van der Waals surface area contributed by atoms with Crippen molar-refractivity contribution in [1.29, 1.82) is 0 Å². The Morgan fingerprint density at radius 2 is 1.88 bits per heavy atom. The second-order valence-electron chi connectivity index (χ2n) is 2.77. The van der Waals surface area contributed by atoms with Gasteiger partial charge in [-0.15, -0.1) is 0 Å². The molecule has 0 saturated heterocycles. The van der Waals surface area contributed by atoms with Crippen LogP contribution in [0, 0.1) is 11.6 Å². The van der Waals surface area contributed by atoms with Crippen LogP contribution in [0.4, 0.5) is 8.78 Å². The van der Waals surface area contributed by atoms with Gasteiger partial charge in [0.15, 0.2) is 0 Å². The van der Waals surface area contributed by atoms with Crippen LogP contribution in [0.1, 0.15) is 17.3 Å². The van der Waals surface area contributed by atoms with Crippen LogP contribution in [0.3, 0.4) is 0 Å². The highest BCUT2D eigenvalue weighted by molar-refractivity contribution is 9.10. The third kappa shape index (κ3) is 2.44. The van der Waals surface area contributed by atoms with Crippen molar-refractivity contribution in [2.45, 2.75) is 6.92 Å². The predicted molar refractivity (Wildman–Crippen MR) is 55.0 cm³/mol. The molecular formula is C10H7BrF2O3. The highest BCUT2D eigenvalue weighted by Gasteiger charge is 2.25. The first-order chi connectivity index (χ1) is 7.49. The van der Waals surface area contributed by atoms with Gasteiger partial charge in [-0.3, -0.25) is 4.79 Å². The van der Waals surface area contributed by atoms with Crippen LogP contribution in [0.5, 0.6) is 0 Å². The second-order valence-corrected chi connectivity index (χ2v) is 3.56. The number of Topliss-reactive ketones (excluding diaryl/α,β-unsaturated/α-hetero) is 1. The minimum Gasteiger partial charge on any atom is -0.460 e. The van der Waals surface area contributed by atoms with Gasteiger partial charge >= 0.3 is 5.97 Å². The van der Waals surface area contributed by atoms with E-state index in [0.29, 0.717) is 0 Å². The Morgan fingerprint density at radius 1 is 1.31 bits per heavy atom. The molecule has 0 aliphatic heterocycles. The molecule has 0 aliphatic rings. The monoisotopic (exact) mass is 292 g/mol. The lowest BCUT2D eigenvalue weighted by atomic mass is 10.1. The van der Waals surface area contributed by atoms with E-state index in [1.165, 1.54) is 6.92 Å². The zero-order valence-electron chi connectivity index (χ0n) is 8.22. The Hall–Kier alpha value is -1.30. The quantitative estimate of drug-likeness (QED) is 0.372. The summed E-state index contributed by atoms with van der Waals surface area (Å²) in [5, 5.41) is 0. The zero-order valence-corrected chi connectivity index (χ0v) is 9.81. The van der Waals surface area contributed by atoms with Crippen molar-refractivity contribution in [3.63, 3.8) is 0 Å². The number of ether oxygens (including phenoxy) is 1. The normalized spacial score (nSPS) is 10.0. The lowest BCUT2D eigenvalue weighted by molar-refractivity contribution is -0.137. The van der Waals surface area contributed by atoms with E-state index in [1.54, 1.807) is 0 Å². The molecule has 0 atom stereocenters. The first kappa shape index (κ1) is 12.8. The number of carbonyl (C=O) groups excluding carboxylic acids is 2. The first-order valence-electron chi connectivity index (χ1n) is 4.34. The van der Waals surface area contributed by atoms with Gasteiger partial charge in [-0.1, -0.05) is 0 Å². The van der Waals surface area contributed by atoms with E-state index in [-0.39, 0.29) is 11.1 Å². The number of carbonyl (C=O) groups is 2. The van der Waals surface area contributed by atoms with Crippen LogP contribution >= 0.6 is 15.9 Å². The number of hydrogen-bond donors (Lipinski definition) is 0. The van der Waals surface area contributed by atoms with Crippen molar-refractivity contribution < 1.29 is 23.1 Å². The molecule has 86 valence electrons. The fourth-order valence-electron chi connectivity index (χ4n) is 1.03. The van der Waals surface area contributed by atoms with Gasteiger partial charge in [0.05, 0.1) is 16.6 Å². The average Bonchev–Trinajstić information content (AvgIpc) is 2.24. The van der Waals surface area contributed by atoms with E-state index in [2.05, 4.69) is 20.7 Å². The number of benzene rings is 1. The van der Waals surface area contributed by atoms with Gasteiger partial charge in [-0.2, -0.15) is 0 Å². The molecular weight excluding hydrogens is 286 g/mol. The topological polar surface area (TPSA) is 43.4 Å². The van der Waals surface area contributed by atoms with E-state index in [4.69, 9.17) is 0 Å². The molecule has 0 aliphatic carbocycles. The highest BCUT2D eigenvalue weighted by Crippen LogP contribution is 2.24. The molecule has 0 bridgehead atoms. The molecule has 0 N–H and O–H groups in total. The van der Waals surface area contributed by atoms with Crippen LogP contribution in [0.25, 0.3) is 0 Å². The molecule has 1 aromatic carbocycles. The minimum absolute atomic E-state index is 0.0148. The number of rotatable bonds is 3. The van der Waals surface area contributed by atoms with Crippen LogP contribution in [0.15, 0.2) is 16.6 Å². The van der Waals surface area contributed by atoms with Crippen LogP contribution < -0.4 is 0 Å². The van der Waals surface area contributed by atoms with Crippen molar-refractivity contribution >= 4 is 27.7 Å². The number of esters is 1. The Labute approximate surface area is 98.5 Å². The molecule has 1 rings (SSSR count). The van der Waals surface area contributed by atoms with Gasteiger partial charge in [-0.05, 0) is 35.0 Å². The standard InChI is InChI=1S/C10H7BrF2O3/c1-2-16-10(15)9(14)7-5(12)3-4-6(13)8(7)11/h3-4H,2H2,1H3. The van der Waals surface area contributed by atoms with E-state index < -0.39 is 29.0 Å². The van der Waals surface area contributed by atoms with Gasteiger partial charge in [0.1, 0.15) is 11.6 Å². The molecule has 3 nitrogen and oxygen atoms in total. The fourth-order valence-corrected chi connectivity index (χ4v) is 1.54. The molecule has 0 spiro atoms. The first-order valence-corrected chi connectivity index (χ1v) is 5.13. The molecule has 1 aromatic rings. The molecule has 0 heterocycles.